The third-order valence-electron chi connectivity index (χ3n) is 7.27. The van der Waals surface area contributed by atoms with Crippen molar-refractivity contribution in [3.63, 3.8) is 0 Å². The van der Waals surface area contributed by atoms with Crippen LogP contribution in [0.25, 0.3) is 0 Å². The third-order valence-corrected chi connectivity index (χ3v) is 7.27. The van der Waals surface area contributed by atoms with E-state index in [1.807, 2.05) is 37.3 Å². The molecule has 1 aliphatic rings. The first-order valence-corrected chi connectivity index (χ1v) is 14.4. The summed E-state index contributed by atoms with van der Waals surface area (Å²) < 4.78 is 5.50. The van der Waals surface area contributed by atoms with Gasteiger partial charge in [-0.1, -0.05) is 67.4 Å². The molecule has 0 heterocycles. The Hall–Kier alpha value is -4.77. The van der Waals surface area contributed by atoms with E-state index in [4.69, 9.17) is 11.2 Å². The predicted molar refractivity (Wildman–Crippen MR) is 165 cm³/mol. The van der Waals surface area contributed by atoms with Crippen LogP contribution in [-0.2, 0) is 27.3 Å². The molecule has 0 bridgehead atoms. The predicted octanol–water partition coefficient (Wildman–Crippen LogP) is 5.10. The molecule has 0 radical (unpaired) electrons. The first-order chi connectivity index (χ1) is 20.4. The second-order valence-electron chi connectivity index (χ2n) is 12.0. The molecule has 8 heteroatoms. The zero-order valence-electron chi connectivity index (χ0n) is 25.0. The zero-order valence-corrected chi connectivity index (χ0v) is 25.0. The van der Waals surface area contributed by atoms with E-state index in [0.717, 1.165) is 17.5 Å². The number of hydrogen-bond donors (Lipinski definition) is 3. The van der Waals surface area contributed by atoms with Crippen LogP contribution in [0, 0.1) is 18.3 Å². The van der Waals surface area contributed by atoms with Gasteiger partial charge in [0, 0.05) is 24.6 Å². The summed E-state index contributed by atoms with van der Waals surface area (Å²) in [5.41, 5.74) is 2.13. The van der Waals surface area contributed by atoms with E-state index in [9.17, 15) is 19.5 Å². The highest BCUT2D eigenvalue weighted by atomic mass is 16.6. The number of hydrogen-bond acceptors (Lipinski definition) is 5. The summed E-state index contributed by atoms with van der Waals surface area (Å²) in [6.45, 7) is 7.55. The number of ether oxygens (including phenoxy) is 1. The smallest absolute Gasteiger partial charge is 0.408 e. The van der Waals surface area contributed by atoms with Crippen LogP contribution in [0.1, 0.15) is 62.4 Å². The summed E-state index contributed by atoms with van der Waals surface area (Å²) in [5.74, 6) is 2.09. The standard InChI is InChI=1S/C35H39N3O5/c1-6-24-12-16-27(17-13-24)31(32(40)36-22-26-10-8-7-9-11-26)38(30-20-23(30)2)33(41)29(37-34(42)43-35(3,4)5)21-25-14-18-28(39)19-15-25/h1,7-19,23,29-31,39H,20-22H2,2-5H3,(H,36,40)(H,37,42). The highest BCUT2D eigenvalue weighted by Crippen LogP contribution is 2.41. The van der Waals surface area contributed by atoms with E-state index in [1.54, 1.807) is 62.1 Å². The van der Waals surface area contributed by atoms with Crippen LogP contribution in [0.3, 0.4) is 0 Å². The second-order valence-corrected chi connectivity index (χ2v) is 12.0. The van der Waals surface area contributed by atoms with Crippen LogP contribution in [0.15, 0.2) is 78.9 Å². The number of carbonyl (C=O) groups excluding carboxylic acids is 3. The summed E-state index contributed by atoms with van der Waals surface area (Å²) in [7, 11) is 0. The summed E-state index contributed by atoms with van der Waals surface area (Å²) in [6, 6.07) is 20.8. The lowest BCUT2D eigenvalue weighted by atomic mass is 9.99. The highest BCUT2D eigenvalue weighted by Gasteiger charge is 2.48. The molecule has 8 nitrogen and oxygen atoms in total. The number of amides is 3. The average Bonchev–Trinajstić information content (AvgIpc) is 3.70. The van der Waals surface area contributed by atoms with Gasteiger partial charge in [0.05, 0.1) is 0 Å². The number of carbonyl (C=O) groups is 3. The van der Waals surface area contributed by atoms with Crippen molar-refractivity contribution in [3.05, 3.63) is 101 Å². The number of nitrogens with one attached hydrogen (secondary N) is 2. The van der Waals surface area contributed by atoms with Gasteiger partial charge in [0.2, 0.25) is 11.8 Å². The molecular formula is C35H39N3O5. The molecule has 4 unspecified atom stereocenters. The molecule has 1 saturated carbocycles. The number of aromatic hydroxyl groups is 1. The molecule has 0 aromatic heterocycles. The molecule has 0 saturated heterocycles. The van der Waals surface area contributed by atoms with Gasteiger partial charge in [-0.3, -0.25) is 9.59 Å². The Labute approximate surface area is 253 Å². The van der Waals surface area contributed by atoms with E-state index in [0.29, 0.717) is 11.1 Å². The molecule has 3 aromatic rings. The minimum Gasteiger partial charge on any atom is -0.508 e. The average molecular weight is 582 g/mol. The SMILES string of the molecule is C#Cc1ccc(C(C(=O)NCc2ccccc2)N(C(=O)C(Cc2ccc(O)cc2)NC(=O)OC(C)(C)C)C2CC2C)cc1. The van der Waals surface area contributed by atoms with Crippen molar-refractivity contribution in [2.75, 3.05) is 0 Å². The molecule has 224 valence electrons. The normalized spacial score (nSPS) is 17.1. The van der Waals surface area contributed by atoms with Crippen molar-refractivity contribution in [2.45, 2.75) is 70.8 Å². The fourth-order valence-corrected chi connectivity index (χ4v) is 4.95. The van der Waals surface area contributed by atoms with Crippen LogP contribution in [-0.4, -0.2) is 45.6 Å². The van der Waals surface area contributed by atoms with Crippen LogP contribution in [0.2, 0.25) is 0 Å². The number of terminal acetylenes is 1. The number of nitrogens with zero attached hydrogens (tertiary/aromatic N) is 1. The van der Waals surface area contributed by atoms with E-state index in [-0.39, 0.29) is 36.6 Å². The molecule has 1 fully saturated rings. The Balaban J connectivity index is 1.71. The quantitative estimate of drug-likeness (QED) is 0.289. The molecule has 0 spiro atoms. The number of benzene rings is 3. The summed E-state index contributed by atoms with van der Waals surface area (Å²) >= 11 is 0. The van der Waals surface area contributed by atoms with Crippen LogP contribution in [0.4, 0.5) is 4.79 Å². The maximum Gasteiger partial charge on any atom is 0.408 e. The van der Waals surface area contributed by atoms with Gasteiger partial charge in [-0.05, 0) is 74.1 Å². The van der Waals surface area contributed by atoms with Crippen molar-refractivity contribution in [2.24, 2.45) is 5.92 Å². The summed E-state index contributed by atoms with van der Waals surface area (Å²) in [6.07, 6.45) is 5.69. The molecule has 4 rings (SSSR count). The van der Waals surface area contributed by atoms with Gasteiger partial charge in [-0.15, -0.1) is 6.42 Å². The Morgan fingerprint density at radius 1 is 1.00 bits per heavy atom. The molecule has 43 heavy (non-hydrogen) atoms. The van der Waals surface area contributed by atoms with Crippen molar-refractivity contribution in [1.29, 1.82) is 0 Å². The molecule has 3 aromatic carbocycles. The highest BCUT2D eigenvalue weighted by molar-refractivity contribution is 5.93. The fourth-order valence-electron chi connectivity index (χ4n) is 4.95. The minimum atomic E-state index is -1.04. The number of alkyl carbamates (subject to hydrolysis) is 1. The first-order valence-electron chi connectivity index (χ1n) is 14.4. The van der Waals surface area contributed by atoms with Gasteiger partial charge < -0.3 is 25.4 Å². The van der Waals surface area contributed by atoms with Crippen molar-refractivity contribution in [3.8, 4) is 18.1 Å². The maximum atomic E-state index is 14.6. The van der Waals surface area contributed by atoms with Gasteiger partial charge in [-0.2, -0.15) is 0 Å². The van der Waals surface area contributed by atoms with Crippen molar-refractivity contribution < 1.29 is 24.2 Å². The number of rotatable bonds is 10. The molecular weight excluding hydrogens is 542 g/mol. The Bertz CT molecular complexity index is 1460. The molecule has 3 amide bonds. The summed E-state index contributed by atoms with van der Waals surface area (Å²) in [5, 5.41) is 15.6. The van der Waals surface area contributed by atoms with Crippen LogP contribution >= 0.6 is 0 Å². The summed E-state index contributed by atoms with van der Waals surface area (Å²) in [4.78, 5) is 43.1. The van der Waals surface area contributed by atoms with Crippen LogP contribution < -0.4 is 10.6 Å². The molecule has 3 N–H and O–H groups in total. The van der Waals surface area contributed by atoms with E-state index >= 15 is 0 Å². The maximum absolute atomic E-state index is 14.6. The first kappa shape index (κ1) is 31.2. The Kier molecular flexibility index (Phi) is 9.77. The number of phenols is 1. The van der Waals surface area contributed by atoms with Gasteiger partial charge in [0.25, 0.3) is 0 Å². The monoisotopic (exact) mass is 581 g/mol. The van der Waals surface area contributed by atoms with E-state index < -0.39 is 29.7 Å². The minimum absolute atomic E-state index is 0.0886. The molecule has 0 aliphatic heterocycles. The Morgan fingerprint density at radius 2 is 1.63 bits per heavy atom. The lowest BCUT2D eigenvalue weighted by molar-refractivity contribution is -0.143. The third kappa shape index (κ3) is 8.62. The van der Waals surface area contributed by atoms with Crippen molar-refractivity contribution in [1.82, 2.24) is 15.5 Å². The number of phenolic OH excluding ortho intramolecular Hbond substituents is 1. The van der Waals surface area contributed by atoms with E-state index in [2.05, 4.69) is 16.6 Å². The molecule has 4 atom stereocenters. The topological polar surface area (TPSA) is 108 Å². The van der Waals surface area contributed by atoms with Gasteiger partial charge in [0.15, 0.2) is 0 Å². The second kappa shape index (κ2) is 13.5. The Morgan fingerprint density at radius 3 is 2.19 bits per heavy atom. The molecule has 1 aliphatic carbocycles. The lowest BCUT2D eigenvalue weighted by Crippen LogP contribution is -2.54. The zero-order chi connectivity index (χ0) is 31.1. The van der Waals surface area contributed by atoms with Crippen LogP contribution in [0.5, 0.6) is 5.75 Å². The fraction of sp³-hybridized carbons (Fsp3) is 0.343. The van der Waals surface area contributed by atoms with E-state index in [1.165, 1.54) is 12.1 Å². The van der Waals surface area contributed by atoms with Gasteiger partial charge >= 0.3 is 6.09 Å². The lowest BCUT2D eigenvalue weighted by Gasteiger charge is -2.35. The largest absolute Gasteiger partial charge is 0.508 e. The van der Waals surface area contributed by atoms with Gasteiger partial charge in [0.1, 0.15) is 23.4 Å². The van der Waals surface area contributed by atoms with Gasteiger partial charge in [-0.25, -0.2) is 4.79 Å². The van der Waals surface area contributed by atoms with Crippen molar-refractivity contribution >= 4 is 17.9 Å².